The fourth-order valence-corrected chi connectivity index (χ4v) is 5.84. The van der Waals surface area contributed by atoms with Crippen LogP contribution in [0.1, 0.15) is 114 Å². The van der Waals surface area contributed by atoms with Crippen LogP contribution in [0.3, 0.4) is 0 Å². The van der Waals surface area contributed by atoms with Gasteiger partial charge in [-0.15, -0.1) is 0 Å². The number of aryl methyl sites for hydroxylation is 2. The van der Waals surface area contributed by atoms with Crippen LogP contribution in [0.5, 0.6) is 0 Å². The van der Waals surface area contributed by atoms with E-state index in [1.54, 1.807) is 16.7 Å². The minimum Gasteiger partial charge on any atom is -0.394 e. The van der Waals surface area contributed by atoms with Crippen LogP contribution in [0.25, 0.3) is 0 Å². The molecule has 0 amide bonds. The van der Waals surface area contributed by atoms with Gasteiger partial charge in [-0.2, -0.15) is 0 Å². The van der Waals surface area contributed by atoms with Gasteiger partial charge in [-0.1, -0.05) is 105 Å². The molecule has 0 fully saturated rings. The van der Waals surface area contributed by atoms with Crippen LogP contribution in [0.4, 0.5) is 0 Å². The van der Waals surface area contributed by atoms with Crippen molar-refractivity contribution < 1.29 is 0 Å². The van der Waals surface area contributed by atoms with Crippen molar-refractivity contribution in [2.45, 2.75) is 111 Å². The van der Waals surface area contributed by atoms with Crippen LogP contribution in [0.2, 0.25) is 0 Å². The molecule has 1 aliphatic carbocycles. The van der Waals surface area contributed by atoms with Gasteiger partial charge in [0.2, 0.25) is 0 Å². The molecular weight excluding hydrogens is 410 g/mol. The van der Waals surface area contributed by atoms with Gasteiger partial charge in [0, 0.05) is 13.0 Å². The molecule has 2 atom stereocenters. The van der Waals surface area contributed by atoms with Crippen molar-refractivity contribution in [3.63, 3.8) is 0 Å². The average Bonchev–Trinajstić information content (AvgIpc) is 2.94. The first-order valence-corrected chi connectivity index (χ1v) is 13.9. The molecule has 1 heteroatoms. The molecular formula is C33H51N. The van der Waals surface area contributed by atoms with Gasteiger partial charge < -0.3 is 5.32 Å². The Balaban J connectivity index is 2.04. The standard InChI is InChI=1S/C33H51N/c1-7-9-18-29-21-22-31-24-26(3)20-23-32(31)33(28(29)5)30(16-8-2)19-15-13-11-10-12-14-17-27(4)25-34-6/h7,9,18,20,23-25,30,33-34H,1,8,10-17,19,21-22H2,2-6H3/b18-9-,27-25+. The van der Waals surface area contributed by atoms with Crippen LogP contribution >= 0.6 is 0 Å². The molecule has 0 saturated carbocycles. The van der Waals surface area contributed by atoms with Crippen molar-refractivity contribution in [1.29, 1.82) is 0 Å². The third kappa shape index (κ3) is 8.97. The Morgan fingerprint density at radius 3 is 2.50 bits per heavy atom. The summed E-state index contributed by atoms with van der Waals surface area (Å²) in [5, 5.41) is 3.14. The summed E-state index contributed by atoms with van der Waals surface area (Å²) in [5.41, 5.74) is 9.17. The molecule has 0 aliphatic heterocycles. The minimum absolute atomic E-state index is 0.560. The molecule has 1 aliphatic rings. The highest BCUT2D eigenvalue weighted by Crippen LogP contribution is 2.43. The molecule has 34 heavy (non-hydrogen) atoms. The van der Waals surface area contributed by atoms with E-state index in [0.29, 0.717) is 5.92 Å². The van der Waals surface area contributed by atoms with Crippen LogP contribution in [-0.2, 0) is 6.42 Å². The van der Waals surface area contributed by atoms with E-state index in [-0.39, 0.29) is 0 Å². The normalized spacial score (nSPS) is 17.6. The smallest absolute Gasteiger partial charge is 0.00822 e. The minimum atomic E-state index is 0.560. The number of rotatable bonds is 15. The monoisotopic (exact) mass is 461 g/mol. The zero-order chi connectivity index (χ0) is 24.8. The lowest BCUT2D eigenvalue weighted by atomic mass is 9.74. The summed E-state index contributed by atoms with van der Waals surface area (Å²) in [6.07, 6.45) is 24.2. The van der Waals surface area contributed by atoms with Crippen LogP contribution in [-0.4, -0.2) is 7.05 Å². The maximum absolute atomic E-state index is 3.91. The zero-order valence-electron chi connectivity index (χ0n) is 22.9. The molecule has 0 radical (unpaired) electrons. The third-order valence-corrected chi connectivity index (χ3v) is 7.62. The van der Waals surface area contributed by atoms with Gasteiger partial charge in [-0.3, -0.25) is 0 Å². The molecule has 2 rings (SSSR count). The number of benzene rings is 1. The Morgan fingerprint density at radius 2 is 1.79 bits per heavy atom. The fourth-order valence-electron chi connectivity index (χ4n) is 5.84. The number of fused-ring (bicyclic) bond motifs is 1. The van der Waals surface area contributed by atoms with Crippen molar-refractivity contribution in [3.05, 3.63) is 82.6 Å². The Bertz CT molecular complexity index is 838. The van der Waals surface area contributed by atoms with Crippen LogP contribution in [0.15, 0.2) is 65.9 Å². The highest BCUT2D eigenvalue weighted by molar-refractivity contribution is 5.45. The van der Waals surface area contributed by atoms with E-state index in [1.807, 2.05) is 13.1 Å². The molecule has 1 aromatic rings. The highest BCUT2D eigenvalue weighted by atomic mass is 14.8. The van der Waals surface area contributed by atoms with E-state index in [4.69, 9.17) is 0 Å². The Kier molecular flexibility index (Phi) is 13.1. The number of unbranched alkanes of at least 4 members (excludes halogenated alkanes) is 5. The second kappa shape index (κ2) is 15.8. The summed E-state index contributed by atoms with van der Waals surface area (Å²) in [7, 11) is 1.99. The summed E-state index contributed by atoms with van der Waals surface area (Å²) in [6, 6.07) is 7.23. The number of allylic oxidation sites excluding steroid dienone is 6. The van der Waals surface area contributed by atoms with E-state index < -0.39 is 0 Å². The van der Waals surface area contributed by atoms with Crippen molar-refractivity contribution >= 4 is 0 Å². The molecule has 0 heterocycles. The van der Waals surface area contributed by atoms with Gasteiger partial charge >= 0.3 is 0 Å². The molecule has 188 valence electrons. The van der Waals surface area contributed by atoms with Gasteiger partial charge in [-0.25, -0.2) is 0 Å². The van der Waals surface area contributed by atoms with Gasteiger partial charge in [0.25, 0.3) is 0 Å². The molecule has 1 aromatic carbocycles. The van der Waals surface area contributed by atoms with E-state index >= 15 is 0 Å². The lowest BCUT2D eigenvalue weighted by molar-refractivity contribution is 0.376. The molecule has 0 aromatic heterocycles. The van der Waals surface area contributed by atoms with Crippen LogP contribution < -0.4 is 5.32 Å². The zero-order valence-corrected chi connectivity index (χ0v) is 22.9. The lowest BCUT2D eigenvalue weighted by Gasteiger charge is -2.30. The summed E-state index contributed by atoms with van der Waals surface area (Å²) in [6.45, 7) is 13.1. The maximum Gasteiger partial charge on any atom is 0.00822 e. The molecule has 0 spiro atoms. The second-order valence-corrected chi connectivity index (χ2v) is 10.5. The van der Waals surface area contributed by atoms with E-state index in [2.05, 4.69) is 76.1 Å². The summed E-state index contributed by atoms with van der Waals surface area (Å²) < 4.78 is 0. The molecule has 1 N–H and O–H groups in total. The Labute approximate surface area is 211 Å². The number of hydrogen-bond acceptors (Lipinski definition) is 1. The SMILES string of the molecule is C=C/C=C\C1=C(C)C(C(CCC)CCCCCCCC/C(C)=C/NC)c2ccc(C)cc2CC1. The van der Waals surface area contributed by atoms with E-state index in [1.165, 1.54) is 80.9 Å². The predicted octanol–water partition coefficient (Wildman–Crippen LogP) is 9.74. The fraction of sp³-hybridized carbons (Fsp3) is 0.576. The highest BCUT2D eigenvalue weighted by Gasteiger charge is 2.29. The Hall–Kier alpha value is -2.02. The topological polar surface area (TPSA) is 12.0 Å². The number of nitrogens with one attached hydrogen (secondary N) is 1. The second-order valence-electron chi connectivity index (χ2n) is 10.5. The van der Waals surface area contributed by atoms with Crippen LogP contribution in [0, 0.1) is 12.8 Å². The third-order valence-electron chi connectivity index (χ3n) is 7.62. The van der Waals surface area contributed by atoms with Gasteiger partial charge in [0.15, 0.2) is 0 Å². The first-order chi connectivity index (χ1) is 16.5. The Morgan fingerprint density at radius 1 is 1.06 bits per heavy atom. The van der Waals surface area contributed by atoms with Crippen molar-refractivity contribution in [2.75, 3.05) is 7.05 Å². The first-order valence-electron chi connectivity index (χ1n) is 13.9. The first kappa shape index (κ1) is 28.2. The quantitative estimate of drug-likeness (QED) is 0.202. The maximum atomic E-state index is 3.91. The van der Waals surface area contributed by atoms with E-state index in [0.717, 1.165) is 18.8 Å². The summed E-state index contributed by atoms with van der Waals surface area (Å²) in [5.74, 6) is 1.30. The van der Waals surface area contributed by atoms with Gasteiger partial charge in [0.05, 0.1) is 0 Å². The number of hydrogen-bond donors (Lipinski definition) is 1. The summed E-state index contributed by atoms with van der Waals surface area (Å²) in [4.78, 5) is 0. The lowest BCUT2D eigenvalue weighted by Crippen LogP contribution is -2.16. The molecule has 0 bridgehead atoms. The average molecular weight is 462 g/mol. The summed E-state index contributed by atoms with van der Waals surface area (Å²) >= 11 is 0. The van der Waals surface area contributed by atoms with Crippen molar-refractivity contribution in [1.82, 2.24) is 5.32 Å². The predicted molar refractivity (Wildman–Crippen MR) is 152 cm³/mol. The van der Waals surface area contributed by atoms with E-state index in [9.17, 15) is 0 Å². The van der Waals surface area contributed by atoms with Crippen molar-refractivity contribution in [3.8, 4) is 0 Å². The molecule has 2 unspecified atom stereocenters. The largest absolute Gasteiger partial charge is 0.394 e. The molecule has 1 nitrogen and oxygen atoms in total. The van der Waals surface area contributed by atoms with Gasteiger partial charge in [0.1, 0.15) is 0 Å². The molecule has 0 saturated heterocycles. The van der Waals surface area contributed by atoms with Crippen molar-refractivity contribution in [2.24, 2.45) is 5.92 Å². The van der Waals surface area contributed by atoms with Gasteiger partial charge in [-0.05, 0) is 88.1 Å².